The van der Waals surface area contributed by atoms with E-state index in [2.05, 4.69) is 15.2 Å². The van der Waals surface area contributed by atoms with Gasteiger partial charge in [0.1, 0.15) is 11.9 Å². The molecule has 0 bridgehead atoms. The summed E-state index contributed by atoms with van der Waals surface area (Å²) in [4.78, 5) is 22.1. The number of amides is 1. The van der Waals surface area contributed by atoms with Gasteiger partial charge in [0.2, 0.25) is 5.69 Å². The maximum Gasteiger partial charge on any atom is 0.573 e. The first kappa shape index (κ1) is 16.3. The number of ether oxygens (including phenoxy) is 1. The normalized spacial score (nSPS) is 11.1. The number of hydrogen-bond donors (Lipinski definition) is 1. The Morgan fingerprint density at radius 2 is 1.96 bits per heavy atom. The molecule has 122 valence electrons. The molecule has 0 aliphatic carbocycles. The van der Waals surface area contributed by atoms with Gasteiger partial charge in [-0.2, -0.15) is 5.10 Å². The van der Waals surface area contributed by atoms with Gasteiger partial charge < -0.3 is 10.1 Å². The molecule has 0 saturated carbocycles. The molecule has 23 heavy (non-hydrogen) atoms. The quantitative estimate of drug-likeness (QED) is 0.686. The molecule has 0 saturated heterocycles. The molecule has 0 radical (unpaired) electrons. The Bertz CT molecular complexity index is 740. The van der Waals surface area contributed by atoms with Gasteiger partial charge in [-0.15, -0.1) is 13.2 Å². The van der Waals surface area contributed by atoms with Crippen molar-refractivity contribution in [2.75, 3.05) is 5.32 Å². The number of anilines is 1. The molecule has 0 atom stereocenters. The van der Waals surface area contributed by atoms with E-state index in [1.54, 1.807) is 0 Å². The van der Waals surface area contributed by atoms with Crippen LogP contribution in [-0.4, -0.2) is 27.0 Å². The minimum Gasteiger partial charge on any atom is -0.406 e. The zero-order valence-electron chi connectivity index (χ0n) is 11.5. The zero-order chi connectivity index (χ0) is 17.2. The second-order valence-corrected chi connectivity index (χ2v) is 4.29. The van der Waals surface area contributed by atoms with Gasteiger partial charge in [0.25, 0.3) is 5.91 Å². The smallest absolute Gasteiger partial charge is 0.406 e. The van der Waals surface area contributed by atoms with E-state index in [1.807, 2.05) is 0 Å². The van der Waals surface area contributed by atoms with Crippen molar-refractivity contribution in [2.45, 2.75) is 6.36 Å². The van der Waals surface area contributed by atoms with E-state index in [1.165, 1.54) is 19.2 Å². The lowest BCUT2D eigenvalue weighted by Gasteiger charge is -2.10. The van der Waals surface area contributed by atoms with Crippen molar-refractivity contribution in [1.29, 1.82) is 0 Å². The molecule has 1 heterocycles. The summed E-state index contributed by atoms with van der Waals surface area (Å²) in [6.07, 6.45) is -3.89. The van der Waals surface area contributed by atoms with Crippen molar-refractivity contribution in [2.24, 2.45) is 7.05 Å². The van der Waals surface area contributed by atoms with Crippen LogP contribution in [0.4, 0.5) is 24.5 Å². The monoisotopic (exact) mass is 330 g/mol. The van der Waals surface area contributed by atoms with Crippen LogP contribution in [0, 0.1) is 10.1 Å². The van der Waals surface area contributed by atoms with E-state index in [0.29, 0.717) is 0 Å². The third-order valence-corrected chi connectivity index (χ3v) is 2.68. The van der Waals surface area contributed by atoms with Gasteiger partial charge in [-0.25, -0.2) is 0 Å². The number of halogens is 3. The Morgan fingerprint density at radius 3 is 2.48 bits per heavy atom. The summed E-state index contributed by atoms with van der Waals surface area (Å²) in [5, 5.41) is 16.8. The number of hydrogen-bond acceptors (Lipinski definition) is 5. The summed E-state index contributed by atoms with van der Waals surface area (Å²) in [5.41, 5.74) is -0.632. The molecule has 0 spiro atoms. The van der Waals surface area contributed by atoms with Crippen molar-refractivity contribution < 1.29 is 27.6 Å². The summed E-state index contributed by atoms with van der Waals surface area (Å²) in [7, 11) is 1.35. The van der Waals surface area contributed by atoms with Gasteiger partial charge in [-0.05, 0) is 24.3 Å². The molecule has 2 rings (SSSR count). The van der Waals surface area contributed by atoms with Crippen molar-refractivity contribution in [1.82, 2.24) is 9.78 Å². The van der Waals surface area contributed by atoms with Crippen molar-refractivity contribution >= 4 is 17.3 Å². The highest BCUT2D eigenvalue weighted by molar-refractivity contribution is 6.05. The summed E-state index contributed by atoms with van der Waals surface area (Å²) in [6, 6.07) is 4.34. The van der Waals surface area contributed by atoms with Crippen LogP contribution >= 0.6 is 0 Å². The number of aryl methyl sites for hydroxylation is 1. The van der Waals surface area contributed by atoms with E-state index in [0.717, 1.165) is 23.0 Å². The average Bonchev–Trinajstić information content (AvgIpc) is 2.81. The highest BCUT2D eigenvalue weighted by Gasteiger charge is 2.31. The molecule has 8 nitrogen and oxygen atoms in total. The number of rotatable bonds is 4. The third kappa shape index (κ3) is 3.96. The number of benzene rings is 1. The average molecular weight is 330 g/mol. The van der Waals surface area contributed by atoms with Crippen LogP contribution in [0.1, 0.15) is 10.5 Å². The molecule has 11 heteroatoms. The number of nitrogens with one attached hydrogen (secondary N) is 1. The van der Waals surface area contributed by atoms with Gasteiger partial charge in [-0.1, -0.05) is 0 Å². The SMILES string of the molecule is Cn1ncc([N+](=O)[O-])c1C(=O)Nc1ccc(OC(F)(F)F)cc1. The minimum absolute atomic E-state index is 0.139. The molecule has 0 unspecified atom stereocenters. The number of nitro groups is 1. The van der Waals surface area contributed by atoms with E-state index in [-0.39, 0.29) is 11.4 Å². The molecular formula is C12H9F3N4O4. The Morgan fingerprint density at radius 1 is 1.35 bits per heavy atom. The largest absolute Gasteiger partial charge is 0.573 e. The lowest BCUT2D eigenvalue weighted by atomic mass is 10.2. The lowest BCUT2D eigenvalue weighted by molar-refractivity contribution is -0.385. The van der Waals surface area contributed by atoms with E-state index in [4.69, 9.17) is 0 Å². The van der Waals surface area contributed by atoms with E-state index < -0.39 is 28.6 Å². The topological polar surface area (TPSA) is 99.3 Å². The first-order valence-electron chi connectivity index (χ1n) is 6.01. The fourth-order valence-electron chi connectivity index (χ4n) is 1.75. The Labute approximate surface area is 126 Å². The second-order valence-electron chi connectivity index (χ2n) is 4.29. The lowest BCUT2D eigenvalue weighted by Crippen LogP contribution is -2.18. The number of nitrogens with zero attached hydrogens (tertiary/aromatic N) is 3. The van der Waals surface area contributed by atoms with Crippen LogP contribution in [0.3, 0.4) is 0 Å². The Balaban J connectivity index is 2.15. The molecule has 1 aromatic heterocycles. The number of carbonyl (C=O) groups excluding carboxylic acids is 1. The van der Waals surface area contributed by atoms with Gasteiger partial charge in [0, 0.05) is 12.7 Å². The van der Waals surface area contributed by atoms with Crippen LogP contribution in [0.25, 0.3) is 0 Å². The predicted octanol–water partition coefficient (Wildman–Crippen LogP) is 2.48. The summed E-state index contributed by atoms with van der Waals surface area (Å²) >= 11 is 0. The highest BCUT2D eigenvalue weighted by Crippen LogP contribution is 2.24. The Hall–Kier alpha value is -3.11. The molecule has 2 aromatic rings. The van der Waals surface area contributed by atoms with Crippen LogP contribution in [0.2, 0.25) is 0 Å². The Kier molecular flexibility index (Phi) is 4.20. The molecule has 0 fully saturated rings. The van der Waals surface area contributed by atoms with Crippen molar-refractivity contribution in [3.63, 3.8) is 0 Å². The molecule has 0 aliphatic rings. The van der Waals surface area contributed by atoms with E-state index in [9.17, 15) is 28.1 Å². The van der Waals surface area contributed by atoms with Gasteiger partial charge in [0.05, 0.1) is 4.92 Å². The predicted molar refractivity (Wildman–Crippen MR) is 70.9 cm³/mol. The van der Waals surface area contributed by atoms with Crippen LogP contribution in [-0.2, 0) is 7.05 Å². The highest BCUT2D eigenvalue weighted by atomic mass is 19.4. The van der Waals surface area contributed by atoms with E-state index >= 15 is 0 Å². The van der Waals surface area contributed by atoms with Gasteiger partial charge >= 0.3 is 12.0 Å². The fourth-order valence-corrected chi connectivity index (χ4v) is 1.75. The molecule has 1 aromatic carbocycles. The summed E-state index contributed by atoms with van der Waals surface area (Å²) in [6.45, 7) is 0. The number of carbonyl (C=O) groups is 1. The molecule has 0 aliphatic heterocycles. The first-order chi connectivity index (χ1) is 10.7. The number of aromatic nitrogens is 2. The van der Waals surface area contributed by atoms with Crippen molar-refractivity contribution in [3.8, 4) is 5.75 Å². The first-order valence-corrected chi connectivity index (χ1v) is 6.01. The van der Waals surface area contributed by atoms with Crippen LogP contribution in [0.15, 0.2) is 30.5 Å². The summed E-state index contributed by atoms with van der Waals surface area (Å²) < 4.78 is 40.8. The molecule has 1 amide bonds. The van der Waals surface area contributed by atoms with Crippen molar-refractivity contribution in [3.05, 3.63) is 46.3 Å². The maximum atomic E-state index is 12.0. The zero-order valence-corrected chi connectivity index (χ0v) is 11.5. The molecular weight excluding hydrogens is 321 g/mol. The van der Waals surface area contributed by atoms with Gasteiger partial charge in [-0.3, -0.25) is 19.6 Å². The van der Waals surface area contributed by atoms with Crippen LogP contribution in [0.5, 0.6) is 5.75 Å². The fraction of sp³-hybridized carbons (Fsp3) is 0.167. The third-order valence-electron chi connectivity index (χ3n) is 2.68. The summed E-state index contributed by atoms with van der Waals surface area (Å²) in [5.74, 6) is -1.27. The minimum atomic E-state index is -4.82. The standard InChI is InChI=1S/C12H9F3N4O4/c1-18-10(9(6-16-18)19(21)22)11(20)17-7-2-4-8(5-3-7)23-12(13,14)15/h2-6H,1H3,(H,17,20). The second kappa shape index (κ2) is 5.94. The van der Waals surface area contributed by atoms with Gasteiger partial charge in [0.15, 0.2) is 0 Å². The van der Waals surface area contributed by atoms with Crippen LogP contribution < -0.4 is 10.1 Å². The number of alkyl halides is 3. The maximum absolute atomic E-state index is 12.0. The molecule has 1 N–H and O–H groups in total.